The molecule has 1 spiro atoms. The first-order valence-electron chi connectivity index (χ1n) is 26.7. The first-order chi connectivity index (χ1) is 37.2. The molecule has 12 atom stereocenters. The fourth-order valence-corrected chi connectivity index (χ4v) is 15.0. The summed E-state index contributed by atoms with van der Waals surface area (Å²) in [6.45, 7) is 8.16. The van der Waals surface area contributed by atoms with Crippen molar-refractivity contribution in [1.29, 1.82) is 0 Å². The smallest absolute Gasteiger partial charge is 0.344 e. The zero-order valence-corrected chi connectivity index (χ0v) is 44.8. The molecule has 3 aromatic rings. The number of methoxy groups -OCH3 is 3. The average molecular weight is 1080 g/mol. The zero-order valence-electron chi connectivity index (χ0n) is 44.8. The Morgan fingerprint density at radius 3 is 2.05 bits per heavy atom. The molecule has 1 aliphatic carbocycles. The highest BCUT2D eigenvalue weighted by Gasteiger charge is 2.81. The summed E-state index contributed by atoms with van der Waals surface area (Å²) in [6, 6.07) is 8.69. The number of fused-ring (bicyclic) bond motifs is 6. The number of carbonyl (C=O) groups is 8. The third kappa shape index (κ3) is 8.78. The highest BCUT2D eigenvalue weighted by molar-refractivity contribution is 5.97. The van der Waals surface area contributed by atoms with Crippen LogP contribution in [0.3, 0.4) is 0 Å². The van der Waals surface area contributed by atoms with Gasteiger partial charge in [0.2, 0.25) is 23.8 Å². The second-order valence-corrected chi connectivity index (χ2v) is 22.1. The van der Waals surface area contributed by atoms with Gasteiger partial charge in [0.1, 0.15) is 23.2 Å². The molecule has 8 heterocycles. The average Bonchev–Trinajstić information content (AvgIpc) is 4.44. The topological polar surface area (TPSA) is 304 Å². The lowest BCUT2D eigenvalue weighted by Gasteiger charge is -2.63. The molecule has 22 nitrogen and oxygen atoms in total. The number of ether oxygens (including phenoxy) is 4. The Bertz CT molecular complexity index is 2930. The number of carbonyl (C=O) groups excluding carboxylic acids is 6. The van der Waals surface area contributed by atoms with E-state index < -0.39 is 87.6 Å². The van der Waals surface area contributed by atoms with Crippen LogP contribution in [0.5, 0.6) is 5.75 Å². The lowest BCUT2D eigenvalue weighted by molar-refractivity contribution is -0.228. The number of esters is 3. The van der Waals surface area contributed by atoms with Crippen LogP contribution in [-0.2, 0) is 69.8 Å². The van der Waals surface area contributed by atoms with Crippen molar-refractivity contribution in [2.75, 3.05) is 59.0 Å². The fourth-order valence-electron chi connectivity index (χ4n) is 15.0. The molecule has 8 aliphatic rings. The highest BCUT2D eigenvalue weighted by Crippen LogP contribution is 2.68. The van der Waals surface area contributed by atoms with E-state index in [1.54, 1.807) is 6.07 Å². The van der Waals surface area contributed by atoms with Crippen molar-refractivity contribution >= 4 is 64.7 Å². The van der Waals surface area contributed by atoms with Crippen molar-refractivity contribution in [3.05, 3.63) is 70.9 Å². The molecule has 1 saturated carbocycles. The number of amides is 3. The molecule has 4 saturated heterocycles. The molecule has 2 aromatic carbocycles. The van der Waals surface area contributed by atoms with Crippen molar-refractivity contribution in [2.45, 2.75) is 137 Å². The lowest BCUT2D eigenvalue weighted by atomic mass is 9.47. The molecule has 22 heteroatoms. The minimum absolute atomic E-state index is 0.155. The summed E-state index contributed by atoms with van der Waals surface area (Å²) in [5.74, 6) is -4.28. The Hall–Kier alpha value is -6.88. The predicted octanol–water partition coefficient (Wildman–Crippen LogP) is 2.22. The van der Waals surface area contributed by atoms with E-state index in [4.69, 9.17) is 29.2 Å². The third-order valence-electron chi connectivity index (χ3n) is 18.1. The van der Waals surface area contributed by atoms with E-state index in [9.17, 15) is 43.8 Å². The number of carboxylic acid groups (broad SMARTS) is 2. The van der Waals surface area contributed by atoms with Gasteiger partial charge in [0, 0.05) is 91.0 Å². The van der Waals surface area contributed by atoms with Crippen molar-refractivity contribution < 1.29 is 77.7 Å². The number of anilines is 1. The molecule has 420 valence electrons. The number of hydrogen-bond donors (Lipinski definition) is 7. The Morgan fingerprint density at radius 2 is 1.50 bits per heavy atom. The normalized spacial score (nSPS) is 34.0. The molecule has 2 bridgehead atoms. The minimum atomic E-state index is -2.53. The van der Waals surface area contributed by atoms with Gasteiger partial charge < -0.3 is 59.9 Å². The molecule has 1 unspecified atom stereocenters. The van der Waals surface area contributed by atoms with E-state index in [1.165, 1.54) is 33.2 Å². The van der Waals surface area contributed by atoms with E-state index in [1.807, 2.05) is 50.3 Å². The standard InChI is InChI=1S/C46H56N4O10.2C5H7NO3/c1-7-42(55)22-28-23-45(40(53)58-5,36-30(14-18-48(24-28)25-42)29-12-9-10-13-33(29)47-36)32-20-31-34(21-35(32)57-4)50(26-51)38-44(31)16-19-49-17-11-15-43(8-2,37(44)49)39(60-27(3)52)46(38,56)41(54)59-6;2*7-4-2-1-3(6-4)5(8)9/h9-13,15,20-21,26,28,37-39,47,55-56H,7-8,14,16-19,22-25H2,1-6H3;2*3H,1-2H2,(H,6,7)(H,8,9)/t28-,37+,38-,39-,42+,43-,44-,45+,46+;2*3-/m100/s1. The molecule has 1 aromatic heterocycles. The van der Waals surface area contributed by atoms with Gasteiger partial charge in [-0.1, -0.05) is 44.2 Å². The van der Waals surface area contributed by atoms with E-state index in [2.05, 4.69) is 31.5 Å². The number of aromatic nitrogens is 1. The summed E-state index contributed by atoms with van der Waals surface area (Å²) in [5.41, 5.74) is -3.15. The maximum Gasteiger partial charge on any atom is 0.344 e. The van der Waals surface area contributed by atoms with Gasteiger partial charge in [-0.2, -0.15) is 0 Å². The van der Waals surface area contributed by atoms with E-state index >= 15 is 4.79 Å². The van der Waals surface area contributed by atoms with Gasteiger partial charge in [0.25, 0.3) is 0 Å². The van der Waals surface area contributed by atoms with Gasteiger partial charge in [-0.05, 0) is 87.1 Å². The Labute approximate surface area is 450 Å². The molecule has 5 fully saturated rings. The summed E-state index contributed by atoms with van der Waals surface area (Å²) in [7, 11) is 4.09. The summed E-state index contributed by atoms with van der Waals surface area (Å²) in [6.07, 6.45) is 7.37. The fraction of sp³-hybridized carbons (Fsp3) is 0.571. The third-order valence-corrected chi connectivity index (χ3v) is 18.1. The number of para-hydroxylation sites is 1. The van der Waals surface area contributed by atoms with Gasteiger partial charge in [-0.25, -0.2) is 14.4 Å². The number of H-pyrrole nitrogens is 1. The highest BCUT2D eigenvalue weighted by atomic mass is 16.6. The number of aliphatic carboxylic acids is 2. The van der Waals surface area contributed by atoms with E-state index in [0.717, 1.165) is 16.5 Å². The quantitative estimate of drug-likeness (QED) is 0.0663. The number of aliphatic hydroxyl groups is 2. The van der Waals surface area contributed by atoms with Crippen LogP contribution in [0.4, 0.5) is 5.69 Å². The molecular weight excluding hydrogens is 1010 g/mol. The Balaban J connectivity index is 0.000000347. The van der Waals surface area contributed by atoms with Crippen LogP contribution < -0.4 is 20.3 Å². The molecule has 7 N–H and O–H groups in total. The monoisotopic (exact) mass is 1080 g/mol. The second-order valence-electron chi connectivity index (χ2n) is 22.1. The van der Waals surface area contributed by atoms with Crippen LogP contribution in [0.25, 0.3) is 10.9 Å². The van der Waals surface area contributed by atoms with Crippen LogP contribution in [0, 0.1) is 11.3 Å². The van der Waals surface area contributed by atoms with Crippen LogP contribution in [-0.4, -0.2) is 179 Å². The number of aromatic amines is 1. The zero-order chi connectivity index (χ0) is 56.3. The number of carboxylic acids is 2. The SMILES string of the molecule is CC[C@]1(O)C[C@H]2CN(CCc3c([nH]c4ccccc34)[C@@](C(=O)OC)(c3cc4c(cc3OC)N(C=O)[C@H]3[C@@](O)(C(=O)OC)[C@H](OC(C)=O)[C@]5(CC)C=CCN6CC[C@]43[C@@H]65)C2)C1.O=C1CC[C@@H](C(=O)O)N1.O=C1CC[C@@H](C(=O)O)N1. The van der Waals surface area contributed by atoms with Gasteiger partial charge in [0.15, 0.2) is 6.10 Å². The van der Waals surface area contributed by atoms with Gasteiger partial charge in [0.05, 0.1) is 38.7 Å². The van der Waals surface area contributed by atoms with Crippen LogP contribution in [0.15, 0.2) is 48.6 Å². The largest absolute Gasteiger partial charge is 0.496 e. The molecule has 78 heavy (non-hydrogen) atoms. The van der Waals surface area contributed by atoms with Gasteiger partial charge >= 0.3 is 29.8 Å². The second kappa shape index (κ2) is 21.1. The van der Waals surface area contributed by atoms with Crippen molar-refractivity contribution in [2.24, 2.45) is 11.3 Å². The van der Waals surface area contributed by atoms with Crippen molar-refractivity contribution in [1.82, 2.24) is 25.4 Å². The lowest BCUT2D eigenvalue weighted by Crippen LogP contribution is -2.81. The number of piperidine rings is 1. The number of rotatable bonds is 10. The molecule has 3 amide bonds. The van der Waals surface area contributed by atoms with Gasteiger partial charge in [-0.3, -0.25) is 33.8 Å². The molecular formula is C56H70N6O16. The number of benzene rings is 2. The van der Waals surface area contributed by atoms with Crippen LogP contribution >= 0.6 is 0 Å². The summed E-state index contributed by atoms with van der Waals surface area (Å²) in [4.78, 5) is 107. The van der Waals surface area contributed by atoms with E-state index in [-0.39, 0.29) is 24.2 Å². The van der Waals surface area contributed by atoms with Crippen molar-refractivity contribution in [3.8, 4) is 5.75 Å². The van der Waals surface area contributed by atoms with Crippen LogP contribution in [0.2, 0.25) is 0 Å². The number of hydrogen-bond acceptors (Lipinski definition) is 16. The number of nitrogens with one attached hydrogen (secondary N) is 3. The first kappa shape index (κ1) is 55.9. The summed E-state index contributed by atoms with van der Waals surface area (Å²) >= 11 is 0. The predicted molar refractivity (Wildman–Crippen MR) is 278 cm³/mol. The Morgan fingerprint density at radius 1 is 0.833 bits per heavy atom. The number of nitrogens with zero attached hydrogens (tertiary/aromatic N) is 3. The summed E-state index contributed by atoms with van der Waals surface area (Å²) < 4.78 is 23.7. The summed E-state index contributed by atoms with van der Waals surface area (Å²) in [5, 5.41) is 47.5. The maximum absolute atomic E-state index is 15.3. The molecule has 11 rings (SSSR count). The Kier molecular flexibility index (Phi) is 15.1. The van der Waals surface area contributed by atoms with Crippen molar-refractivity contribution in [3.63, 3.8) is 0 Å². The molecule has 0 radical (unpaired) electrons. The van der Waals surface area contributed by atoms with E-state index in [0.29, 0.717) is 125 Å². The first-order valence-corrected chi connectivity index (χ1v) is 26.7. The minimum Gasteiger partial charge on any atom is -0.496 e. The van der Waals surface area contributed by atoms with Gasteiger partial charge in [-0.15, -0.1) is 0 Å². The maximum atomic E-state index is 15.3. The molecule has 7 aliphatic heterocycles. The van der Waals surface area contributed by atoms with Crippen LogP contribution in [0.1, 0.15) is 101 Å².